The van der Waals surface area contributed by atoms with Gasteiger partial charge in [0.05, 0.1) is 12.6 Å². The van der Waals surface area contributed by atoms with Crippen molar-refractivity contribution in [2.24, 2.45) is 5.92 Å². The summed E-state index contributed by atoms with van der Waals surface area (Å²) in [7, 11) is 0. The average molecular weight is 352 g/mol. The highest BCUT2D eigenvalue weighted by Gasteiger charge is 2.26. The summed E-state index contributed by atoms with van der Waals surface area (Å²) in [6.07, 6.45) is 3.77. The molecule has 142 valence electrons. The van der Waals surface area contributed by atoms with Crippen LogP contribution in [0.1, 0.15) is 64.7 Å². The van der Waals surface area contributed by atoms with Gasteiger partial charge in [0.1, 0.15) is 0 Å². The number of aromatic nitrogens is 2. The number of amides is 1. The predicted octanol–water partition coefficient (Wildman–Crippen LogP) is 3.27. The topological polar surface area (TPSA) is 71.7 Å². The number of nitrogens with zero attached hydrogens (tertiary/aromatic N) is 4. The number of rotatable bonds is 7. The van der Waals surface area contributed by atoms with Crippen molar-refractivity contribution in [2.45, 2.75) is 59.4 Å². The highest BCUT2D eigenvalue weighted by Crippen LogP contribution is 2.21. The van der Waals surface area contributed by atoms with E-state index in [-0.39, 0.29) is 12.1 Å². The summed E-state index contributed by atoms with van der Waals surface area (Å²) in [5, 5.41) is 4.08. The van der Waals surface area contributed by atoms with Crippen molar-refractivity contribution in [1.29, 1.82) is 0 Å². The summed E-state index contributed by atoms with van der Waals surface area (Å²) < 4.78 is 10.8. The van der Waals surface area contributed by atoms with Crippen LogP contribution in [-0.4, -0.2) is 58.8 Å². The molecular formula is C18H32N4O3. The largest absolute Gasteiger partial charge is 0.449 e. The van der Waals surface area contributed by atoms with Gasteiger partial charge in [0.15, 0.2) is 5.82 Å². The molecule has 0 aliphatic carbocycles. The molecule has 1 fully saturated rings. The zero-order chi connectivity index (χ0) is 18.2. The van der Waals surface area contributed by atoms with Gasteiger partial charge in [-0.3, -0.25) is 4.90 Å². The van der Waals surface area contributed by atoms with Gasteiger partial charge in [-0.1, -0.05) is 32.3 Å². The Morgan fingerprint density at radius 2 is 2.04 bits per heavy atom. The van der Waals surface area contributed by atoms with Crippen LogP contribution in [0.15, 0.2) is 4.52 Å². The third-order valence-corrected chi connectivity index (χ3v) is 4.47. The van der Waals surface area contributed by atoms with E-state index < -0.39 is 0 Å². The van der Waals surface area contributed by atoms with E-state index in [2.05, 4.69) is 28.9 Å². The number of ether oxygens (including phenoxy) is 1. The van der Waals surface area contributed by atoms with Gasteiger partial charge in [0, 0.05) is 32.6 Å². The molecule has 1 atom stereocenters. The van der Waals surface area contributed by atoms with Gasteiger partial charge in [-0.05, 0) is 25.7 Å². The van der Waals surface area contributed by atoms with E-state index in [1.807, 2.05) is 13.8 Å². The summed E-state index contributed by atoms with van der Waals surface area (Å²) in [5.74, 6) is 1.81. The Bertz CT molecular complexity index is 532. The van der Waals surface area contributed by atoms with Crippen LogP contribution in [0.4, 0.5) is 4.79 Å². The van der Waals surface area contributed by atoms with Crippen LogP contribution >= 0.6 is 0 Å². The summed E-state index contributed by atoms with van der Waals surface area (Å²) >= 11 is 0. The molecule has 1 saturated heterocycles. The lowest BCUT2D eigenvalue weighted by Gasteiger charge is -2.25. The van der Waals surface area contributed by atoms with Gasteiger partial charge in [0.25, 0.3) is 0 Å². The van der Waals surface area contributed by atoms with Crippen LogP contribution in [0.5, 0.6) is 0 Å². The molecule has 25 heavy (non-hydrogen) atoms. The minimum atomic E-state index is -0.206. The lowest BCUT2D eigenvalue weighted by molar-refractivity contribution is 0.0919. The molecule has 0 aromatic carbocycles. The van der Waals surface area contributed by atoms with Crippen LogP contribution in [0.3, 0.4) is 0 Å². The predicted molar refractivity (Wildman–Crippen MR) is 95.3 cm³/mol. The van der Waals surface area contributed by atoms with Gasteiger partial charge in [-0.15, -0.1) is 0 Å². The summed E-state index contributed by atoms with van der Waals surface area (Å²) in [6.45, 7) is 11.9. The van der Waals surface area contributed by atoms with Crippen molar-refractivity contribution < 1.29 is 14.1 Å². The summed E-state index contributed by atoms with van der Waals surface area (Å²) in [4.78, 5) is 20.8. The van der Waals surface area contributed by atoms with E-state index in [4.69, 9.17) is 9.26 Å². The third-order valence-electron chi connectivity index (χ3n) is 4.47. The van der Waals surface area contributed by atoms with Crippen molar-refractivity contribution >= 4 is 6.09 Å². The molecule has 0 saturated carbocycles. The fraction of sp³-hybridized carbons (Fsp3) is 0.833. The summed E-state index contributed by atoms with van der Waals surface area (Å²) in [5.41, 5.74) is 0. The van der Waals surface area contributed by atoms with Crippen LogP contribution in [-0.2, 0) is 11.2 Å². The van der Waals surface area contributed by atoms with Gasteiger partial charge in [-0.2, -0.15) is 4.98 Å². The van der Waals surface area contributed by atoms with Gasteiger partial charge in [0.2, 0.25) is 5.89 Å². The summed E-state index contributed by atoms with van der Waals surface area (Å²) in [6, 6.07) is 0.0644. The molecule has 1 unspecified atom stereocenters. The van der Waals surface area contributed by atoms with Crippen LogP contribution in [0.25, 0.3) is 0 Å². The second-order valence-electron chi connectivity index (χ2n) is 7.18. The van der Waals surface area contributed by atoms with Gasteiger partial charge in [-0.25, -0.2) is 4.79 Å². The minimum absolute atomic E-state index is 0.0644. The molecule has 7 heteroatoms. The third kappa shape index (κ3) is 5.99. The van der Waals surface area contributed by atoms with Crippen LogP contribution in [0, 0.1) is 5.92 Å². The maximum atomic E-state index is 12.1. The Hall–Kier alpha value is -1.63. The molecule has 2 rings (SSSR count). The molecule has 1 aliphatic rings. The molecule has 1 aliphatic heterocycles. The van der Waals surface area contributed by atoms with E-state index in [0.717, 1.165) is 51.1 Å². The van der Waals surface area contributed by atoms with E-state index >= 15 is 0 Å². The first-order chi connectivity index (χ1) is 12.0. The lowest BCUT2D eigenvalue weighted by Crippen LogP contribution is -2.36. The van der Waals surface area contributed by atoms with E-state index in [9.17, 15) is 4.79 Å². The first-order valence-electron chi connectivity index (χ1n) is 9.49. The quantitative estimate of drug-likeness (QED) is 0.750. The number of carbonyl (C=O) groups excluding carboxylic acids is 1. The Balaban J connectivity index is 1.87. The van der Waals surface area contributed by atoms with E-state index in [0.29, 0.717) is 25.0 Å². The van der Waals surface area contributed by atoms with Crippen LogP contribution in [0.2, 0.25) is 0 Å². The van der Waals surface area contributed by atoms with Gasteiger partial charge < -0.3 is 14.2 Å². The molecule has 2 heterocycles. The normalized spacial score (nSPS) is 17.6. The zero-order valence-corrected chi connectivity index (χ0v) is 16.0. The molecule has 0 spiro atoms. The van der Waals surface area contributed by atoms with E-state index in [1.165, 1.54) is 0 Å². The molecule has 1 amide bonds. The maximum absolute atomic E-state index is 12.1. The first kappa shape index (κ1) is 19.7. The molecule has 0 bridgehead atoms. The molecule has 0 radical (unpaired) electrons. The zero-order valence-electron chi connectivity index (χ0n) is 16.0. The smallest absolute Gasteiger partial charge is 0.409 e. The molecular weight excluding hydrogens is 320 g/mol. The van der Waals surface area contributed by atoms with Crippen LogP contribution < -0.4 is 0 Å². The number of aryl methyl sites for hydroxylation is 1. The van der Waals surface area contributed by atoms with E-state index in [1.54, 1.807) is 4.90 Å². The number of hydrogen-bond acceptors (Lipinski definition) is 6. The second kappa shape index (κ2) is 9.75. The fourth-order valence-electron chi connectivity index (χ4n) is 2.87. The Labute approximate surface area is 150 Å². The second-order valence-corrected chi connectivity index (χ2v) is 7.18. The standard InChI is InChI=1S/C18H32N4O3/c1-5-6-8-16-19-17(25-20-16)15(4)21-9-7-10-22(12-11-21)18(23)24-13-14(2)3/h14-15H,5-13H2,1-4H3. The molecule has 1 aromatic rings. The highest BCUT2D eigenvalue weighted by atomic mass is 16.6. The Morgan fingerprint density at radius 3 is 2.76 bits per heavy atom. The molecule has 0 N–H and O–H groups in total. The monoisotopic (exact) mass is 352 g/mol. The minimum Gasteiger partial charge on any atom is -0.449 e. The van der Waals surface area contributed by atoms with Crippen molar-refractivity contribution in [1.82, 2.24) is 19.9 Å². The number of hydrogen-bond donors (Lipinski definition) is 0. The maximum Gasteiger partial charge on any atom is 0.409 e. The lowest BCUT2D eigenvalue weighted by atomic mass is 10.2. The van der Waals surface area contributed by atoms with Crippen molar-refractivity contribution in [2.75, 3.05) is 32.8 Å². The number of unbranched alkanes of at least 4 members (excludes halogenated alkanes) is 1. The fourth-order valence-corrected chi connectivity index (χ4v) is 2.87. The average Bonchev–Trinajstić information content (AvgIpc) is 2.93. The SMILES string of the molecule is CCCCc1noc(C(C)N2CCCN(C(=O)OCC(C)C)CC2)n1. The molecule has 1 aromatic heterocycles. The highest BCUT2D eigenvalue weighted by molar-refractivity contribution is 5.67. The van der Waals surface area contributed by atoms with Crippen molar-refractivity contribution in [3.63, 3.8) is 0 Å². The van der Waals surface area contributed by atoms with Crippen molar-refractivity contribution in [3.8, 4) is 0 Å². The first-order valence-corrected chi connectivity index (χ1v) is 9.49. The number of carbonyl (C=O) groups is 1. The molecule has 7 nitrogen and oxygen atoms in total. The van der Waals surface area contributed by atoms with Crippen molar-refractivity contribution in [3.05, 3.63) is 11.7 Å². The Morgan fingerprint density at radius 1 is 1.24 bits per heavy atom. The van der Waals surface area contributed by atoms with Gasteiger partial charge >= 0.3 is 6.09 Å². The Kier molecular flexibility index (Phi) is 7.68.